The Hall–Kier alpha value is -1.15. The van der Waals surface area contributed by atoms with Crippen LogP contribution in [0.25, 0.3) is 6.08 Å². The van der Waals surface area contributed by atoms with Crippen LogP contribution in [0.15, 0.2) is 29.2 Å². The molecule has 1 rings (SSSR count). The molecule has 9 heteroatoms. The standard InChI is InChI=1S/C16H18ClF5O2S/c1-2-3-4-5-10-25(23,24)14(15(18,19)16(20,21)22)11-12-6-8-13(17)9-7-12/h6-9,11H,2-5,10H2,1H3/b14-11+. The second-order valence-corrected chi connectivity index (χ2v) is 8.03. The summed E-state index contributed by atoms with van der Waals surface area (Å²) in [5.74, 6) is -6.24. The molecule has 0 heterocycles. The fraction of sp³-hybridized carbons (Fsp3) is 0.500. The molecule has 0 aliphatic rings. The summed E-state index contributed by atoms with van der Waals surface area (Å²) in [5, 5.41) is 0.240. The number of rotatable bonds is 8. The van der Waals surface area contributed by atoms with Crippen molar-refractivity contribution in [2.75, 3.05) is 5.75 Å². The van der Waals surface area contributed by atoms with Crippen LogP contribution < -0.4 is 0 Å². The average molecular weight is 405 g/mol. The van der Waals surface area contributed by atoms with Gasteiger partial charge in [0.2, 0.25) is 0 Å². The topological polar surface area (TPSA) is 34.1 Å². The van der Waals surface area contributed by atoms with Gasteiger partial charge in [-0.2, -0.15) is 22.0 Å². The number of sulfone groups is 1. The molecule has 2 nitrogen and oxygen atoms in total. The smallest absolute Gasteiger partial charge is 0.224 e. The summed E-state index contributed by atoms with van der Waals surface area (Å²) in [4.78, 5) is -1.94. The summed E-state index contributed by atoms with van der Waals surface area (Å²) in [5.41, 5.74) is -0.111. The van der Waals surface area contributed by atoms with Crippen molar-refractivity contribution in [3.05, 3.63) is 39.8 Å². The van der Waals surface area contributed by atoms with Crippen LogP contribution in [0.3, 0.4) is 0 Å². The van der Waals surface area contributed by atoms with Crippen LogP contribution >= 0.6 is 11.6 Å². The van der Waals surface area contributed by atoms with Gasteiger partial charge in [0.05, 0.1) is 5.75 Å². The molecule has 142 valence electrons. The Bertz CT molecular complexity index is 694. The van der Waals surface area contributed by atoms with Crippen LogP contribution in [-0.2, 0) is 9.84 Å². The fourth-order valence-electron chi connectivity index (χ4n) is 2.05. The van der Waals surface area contributed by atoms with E-state index in [2.05, 4.69) is 0 Å². The Balaban J connectivity index is 3.31. The lowest BCUT2D eigenvalue weighted by Gasteiger charge is -2.22. The first-order valence-electron chi connectivity index (χ1n) is 7.57. The molecule has 0 N–H and O–H groups in total. The number of hydrogen-bond acceptors (Lipinski definition) is 2. The zero-order valence-electron chi connectivity index (χ0n) is 13.4. The lowest BCUT2D eigenvalue weighted by molar-refractivity contribution is -0.260. The highest BCUT2D eigenvalue weighted by molar-refractivity contribution is 7.95. The van der Waals surface area contributed by atoms with Crippen LogP contribution in [0.5, 0.6) is 0 Å². The molecule has 0 bridgehead atoms. The number of hydrogen-bond donors (Lipinski definition) is 0. The van der Waals surface area contributed by atoms with Crippen molar-refractivity contribution in [2.24, 2.45) is 0 Å². The van der Waals surface area contributed by atoms with Gasteiger partial charge in [-0.05, 0) is 30.2 Å². The molecule has 0 fully saturated rings. The molecule has 1 aromatic carbocycles. The van der Waals surface area contributed by atoms with Gasteiger partial charge in [-0.15, -0.1) is 0 Å². The minimum Gasteiger partial charge on any atom is -0.224 e. The summed E-state index contributed by atoms with van der Waals surface area (Å²) < 4.78 is 90.3. The zero-order chi connectivity index (χ0) is 19.3. The predicted octanol–water partition coefficient (Wildman–Crippen LogP) is 5.87. The highest BCUT2D eigenvalue weighted by atomic mass is 35.5. The van der Waals surface area contributed by atoms with Gasteiger partial charge in [-0.3, -0.25) is 0 Å². The number of alkyl halides is 5. The molecule has 0 atom stereocenters. The third-order valence-corrected chi connectivity index (χ3v) is 5.56. The Morgan fingerprint density at radius 3 is 2.08 bits per heavy atom. The van der Waals surface area contributed by atoms with E-state index in [1.807, 2.05) is 6.92 Å². The molecule has 0 spiro atoms. The minimum absolute atomic E-state index is 0.0159. The highest BCUT2D eigenvalue weighted by Crippen LogP contribution is 2.44. The SMILES string of the molecule is CCCCCCS(=O)(=O)/C(=C/c1ccc(Cl)cc1)C(F)(F)C(F)(F)F. The van der Waals surface area contributed by atoms with Crippen molar-refractivity contribution in [1.29, 1.82) is 0 Å². The summed E-state index contributed by atoms with van der Waals surface area (Å²) in [6.07, 6.45) is -3.77. The molecule has 0 radical (unpaired) electrons. The van der Waals surface area contributed by atoms with E-state index in [9.17, 15) is 30.4 Å². The van der Waals surface area contributed by atoms with Gasteiger partial charge >= 0.3 is 12.1 Å². The van der Waals surface area contributed by atoms with Crippen molar-refractivity contribution < 1.29 is 30.4 Å². The van der Waals surface area contributed by atoms with Crippen molar-refractivity contribution in [2.45, 2.75) is 44.7 Å². The molecule has 0 aliphatic heterocycles. The number of allylic oxidation sites excluding steroid dienone is 1. The minimum atomic E-state index is -6.01. The number of benzene rings is 1. The summed E-state index contributed by atoms with van der Waals surface area (Å²) in [6.45, 7) is 1.86. The molecule has 0 amide bonds. The lowest BCUT2D eigenvalue weighted by Crippen LogP contribution is -2.41. The number of unbranched alkanes of at least 4 members (excludes halogenated alkanes) is 3. The van der Waals surface area contributed by atoms with E-state index in [0.717, 1.165) is 6.42 Å². The highest BCUT2D eigenvalue weighted by Gasteiger charge is 2.63. The Kier molecular flexibility index (Phi) is 7.43. The first kappa shape index (κ1) is 21.9. The Morgan fingerprint density at radius 1 is 1.04 bits per heavy atom. The van der Waals surface area contributed by atoms with E-state index in [4.69, 9.17) is 11.6 Å². The largest absolute Gasteiger partial charge is 0.458 e. The molecule has 0 aliphatic carbocycles. The van der Waals surface area contributed by atoms with Crippen LogP contribution in [0.1, 0.15) is 38.2 Å². The lowest BCUT2D eigenvalue weighted by atomic mass is 10.2. The molecule has 25 heavy (non-hydrogen) atoms. The van der Waals surface area contributed by atoms with Crippen molar-refractivity contribution in [1.82, 2.24) is 0 Å². The first-order valence-corrected chi connectivity index (χ1v) is 9.60. The quantitative estimate of drug-likeness (QED) is 0.401. The average Bonchev–Trinajstić information content (AvgIpc) is 2.49. The maximum Gasteiger partial charge on any atom is 0.458 e. The van der Waals surface area contributed by atoms with Gasteiger partial charge in [0.15, 0.2) is 9.84 Å². The van der Waals surface area contributed by atoms with Crippen molar-refractivity contribution >= 4 is 27.5 Å². The van der Waals surface area contributed by atoms with E-state index in [1.165, 1.54) is 24.3 Å². The van der Waals surface area contributed by atoms with Crippen LogP contribution in [0.4, 0.5) is 22.0 Å². The van der Waals surface area contributed by atoms with E-state index in [0.29, 0.717) is 18.9 Å². The van der Waals surface area contributed by atoms with Crippen LogP contribution in [-0.4, -0.2) is 26.3 Å². The van der Waals surface area contributed by atoms with Gasteiger partial charge in [0.25, 0.3) is 0 Å². The molecular weight excluding hydrogens is 387 g/mol. The van der Waals surface area contributed by atoms with E-state index >= 15 is 0 Å². The first-order chi connectivity index (χ1) is 11.4. The molecule has 0 saturated carbocycles. The maximum absolute atomic E-state index is 13.8. The van der Waals surface area contributed by atoms with Crippen LogP contribution in [0.2, 0.25) is 5.02 Å². The summed E-state index contributed by atoms with van der Waals surface area (Å²) in [7, 11) is -4.79. The van der Waals surface area contributed by atoms with Gasteiger partial charge in [-0.1, -0.05) is 49.9 Å². The monoisotopic (exact) mass is 404 g/mol. The Labute approximate surface area is 148 Å². The number of halogens is 6. The van der Waals surface area contributed by atoms with Crippen molar-refractivity contribution in [3.63, 3.8) is 0 Å². The Morgan fingerprint density at radius 2 is 1.60 bits per heavy atom. The van der Waals surface area contributed by atoms with E-state index in [-0.39, 0.29) is 17.0 Å². The van der Waals surface area contributed by atoms with E-state index in [1.54, 1.807) is 0 Å². The molecular formula is C16H18ClF5O2S. The second kappa shape index (κ2) is 8.49. The van der Waals surface area contributed by atoms with Gasteiger partial charge in [0, 0.05) is 5.02 Å². The molecule has 1 aromatic rings. The summed E-state index contributed by atoms with van der Waals surface area (Å²) in [6, 6.07) is 4.87. The van der Waals surface area contributed by atoms with Crippen molar-refractivity contribution in [3.8, 4) is 0 Å². The predicted molar refractivity (Wildman–Crippen MR) is 88.4 cm³/mol. The molecule has 0 unspecified atom stereocenters. The third kappa shape index (κ3) is 5.95. The third-order valence-electron chi connectivity index (χ3n) is 3.43. The normalized spacial score (nSPS) is 14.0. The summed E-state index contributed by atoms with van der Waals surface area (Å²) >= 11 is 5.63. The van der Waals surface area contributed by atoms with Gasteiger partial charge < -0.3 is 0 Å². The fourth-order valence-corrected chi connectivity index (χ4v) is 3.81. The van der Waals surface area contributed by atoms with Gasteiger partial charge in [0.1, 0.15) is 4.91 Å². The van der Waals surface area contributed by atoms with Crippen LogP contribution in [0, 0.1) is 0 Å². The maximum atomic E-state index is 13.8. The molecule has 0 aromatic heterocycles. The molecule has 0 saturated heterocycles. The second-order valence-electron chi connectivity index (χ2n) is 5.51. The zero-order valence-corrected chi connectivity index (χ0v) is 15.0. The van der Waals surface area contributed by atoms with Gasteiger partial charge in [-0.25, -0.2) is 8.42 Å². The van der Waals surface area contributed by atoms with E-state index < -0.39 is 32.6 Å².